The maximum absolute atomic E-state index is 12.8. The van der Waals surface area contributed by atoms with Crippen molar-refractivity contribution in [3.8, 4) is 11.5 Å². The third-order valence-electron chi connectivity index (χ3n) is 5.84. The smallest absolute Gasteiger partial charge is 0.288 e. The van der Waals surface area contributed by atoms with Crippen LogP contribution >= 0.6 is 0 Å². The van der Waals surface area contributed by atoms with Crippen LogP contribution in [0.25, 0.3) is 0 Å². The number of imide groups is 1. The van der Waals surface area contributed by atoms with Crippen molar-refractivity contribution in [2.45, 2.75) is 31.7 Å². The van der Waals surface area contributed by atoms with Crippen molar-refractivity contribution in [2.24, 2.45) is 11.7 Å². The third-order valence-corrected chi connectivity index (χ3v) is 5.84. The lowest BCUT2D eigenvalue weighted by Crippen LogP contribution is -3.17. The molecular weight excluding hydrogens is 362 g/mol. The Morgan fingerprint density at radius 1 is 1.18 bits per heavy atom. The van der Waals surface area contributed by atoms with Gasteiger partial charge in [0.1, 0.15) is 0 Å². The molecule has 1 aromatic rings. The van der Waals surface area contributed by atoms with Crippen LogP contribution in [0.1, 0.15) is 24.8 Å². The van der Waals surface area contributed by atoms with E-state index in [-0.39, 0.29) is 36.1 Å². The zero-order valence-electron chi connectivity index (χ0n) is 16.4. The van der Waals surface area contributed by atoms with Crippen LogP contribution in [0.15, 0.2) is 18.2 Å². The van der Waals surface area contributed by atoms with Crippen molar-refractivity contribution in [1.29, 1.82) is 0 Å². The van der Waals surface area contributed by atoms with Crippen molar-refractivity contribution < 1.29 is 28.8 Å². The topological polar surface area (TPSA) is 103 Å². The highest BCUT2D eigenvalue weighted by molar-refractivity contribution is 6.04. The Labute approximate surface area is 164 Å². The first-order chi connectivity index (χ1) is 13.4. The third kappa shape index (κ3) is 4.11. The summed E-state index contributed by atoms with van der Waals surface area (Å²) in [6.45, 7) is 1.74. The van der Waals surface area contributed by atoms with Gasteiger partial charge in [0.05, 0.1) is 33.7 Å². The van der Waals surface area contributed by atoms with Gasteiger partial charge in [-0.15, -0.1) is 0 Å². The van der Waals surface area contributed by atoms with E-state index in [0.717, 1.165) is 10.5 Å². The number of amides is 3. The van der Waals surface area contributed by atoms with Gasteiger partial charge in [-0.1, -0.05) is 6.07 Å². The molecule has 2 heterocycles. The second kappa shape index (κ2) is 8.60. The van der Waals surface area contributed by atoms with E-state index in [0.29, 0.717) is 50.4 Å². The van der Waals surface area contributed by atoms with Crippen LogP contribution in [0, 0.1) is 5.92 Å². The Balaban J connectivity index is 1.59. The summed E-state index contributed by atoms with van der Waals surface area (Å²) in [5.74, 6) is 0.640. The molecule has 3 amide bonds. The van der Waals surface area contributed by atoms with Gasteiger partial charge in [0.2, 0.25) is 11.8 Å². The summed E-state index contributed by atoms with van der Waals surface area (Å²) in [6, 6.07) is 5.24. The normalized spacial score (nSPS) is 25.1. The van der Waals surface area contributed by atoms with E-state index < -0.39 is 0 Å². The molecule has 0 radical (unpaired) electrons. The van der Waals surface area contributed by atoms with Gasteiger partial charge in [0.15, 0.2) is 17.5 Å². The highest BCUT2D eigenvalue weighted by atomic mass is 16.5. The van der Waals surface area contributed by atoms with Gasteiger partial charge in [-0.05, 0) is 24.1 Å². The lowest BCUT2D eigenvalue weighted by atomic mass is 9.95. The van der Waals surface area contributed by atoms with Crippen molar-refractivity contribution >= 4 is 17.7 Å². The van der Waals surface area contributed by atoms with Gasteiger partial charge in [0.25, 0.3) is 5.91 Å². The fraction of sp³-hybridized carbons (Fsp3) is 0.550. The second-order valence-corrected chi connectivity index (χ2v) is 7.41. The number of primary amides is 1. The van der Waals surface area contributed by atoms with E-state index in [4.69, 9.17) is 15.2 Å². The quantitative estimate of drug-likeness (QED) is 0.591. The molecule has 1 atom stereocenters. The van der Waals surface area contributed by atoms with E-state index >= 15 is 0 Å². The summed E-state index contributed by atoms with van der Waals surface area (Å²) >= 11 is 0. The Morgan fingerprint density at radius 2 is 1.86 bits per heavy atom. The molecule has 152 valence electrons. The molecule has 0 aromatic heterocycles. The Morgan fingerprint density at radius 3 is 2.46 bits per heavy atom. The van der Waals surface area contributed by atoms with Gasteiger partial charge in [0, 0.05) is 25.3 Å². The molecule has 0 aliphatic carbocycles. The SMILES string of the molecule is COc1ccc(CCN2C(=O)CC([NH+]3CCC(C(N)=O)CC3)C2=O)cc1OC. The molecule has 2 aliphatic heterocycles. The van der Waals surface area contributed by atoms with Crippen LogP contribution in [-0.4, -0.2) is 62.5 Å². The number of hydrogen-bond acceptors (Lipinski definition) is 5. The van der Waals surface area contributed by atoms with E-state index in [1.807, 2.05) is 18.2 Å². The minimum absolute atomic E-state index is 0.113. The van der Waals surface area contributed by atoms with Gasteiger partial charge in [-0.2, -0.15) is 0 Å². The number of nitrogens with zero attached hydrogens (tertiary/aromatic N) is 1. The molecule has 2 saturated heterocycles. The van der Waals surface area contributed by atoms with Crippen LogP contribution in [0.3, 0.4) is 0 Å². The number of rotatable bonds is 7. The predicted molar refractivity (Wildman–Crippen MR) is 101 cm³/mol. The van der Waals surface area contributed by atoms with Crippen LogP contribution in [0.2, 0.25) is 0 Å². The molecule has 8 nitrogen and oxygen atoms in total. The number of carbonyl (C=O) groups is 3. The first kappa shape index (κ1) is 20.1. The second-order valence-electron chi connectivity index (χ2n) is 7.41. The Bertz CT molecular complexity index is 758. The Hall–Kier alpha value is -2.61. The number of benzene rings is 1. The van der Waals surface area contributed by atoms with Gasteiger partial charge >= 0.3 is 0 Å². The van der Waals surface area contributed by atoms with Crippen molar-refractivity contribution in [2.75, 3.05) is 33.9 Å². The minimum Gasteiger partial charge on any atom is -0.493 e. The fourth-order valence-corrected chi connectivity index (χ4v) is 4.14. The molecule has 2 fully saturated rings. The monoisotopic (exact) mass is 390 g/mol. The molecular formula is C20H28N3O5+. The number of hydrogen-bond donors (Lipinski definition) is 2. The molecule has 0 bridgehead atoms. The zero-order chi connectivity index (χ0) is 20.3. The van der Waals surface area contributed by atoms with E-state index in [9.17, 15) is 14.4 Å². The van der Waals surface area contributed by atoms with Crippen LogP contribution in [0.4, 0.5) is 0 Å². The molecule has 0 spiro atoms. The lowest BCUT2D eigenvalue weighted by Gasteiger charge is -2.30. The largest absolute Gasteiger partial charge is 0.493 e. The van der Waals surface area contributed by atoms with Crippen molar-refractivity contribution in [3.05, 3.63) is 23.8 Å². The van der Waals surface area contributed by atoms with E-state index in [1.165, 1.54) is 4.90 Å². The number of likely N-dealkylation sites (tertiary alicyclic amines) is 2. The van der Waals surface area contributed by atoms with E-state index in [2.05, 4.69) is 0 Å². The number of methoxy groups -OCH3 is 2. The minimum atomic E-state index is -0.341. The molecule has 28 heavy (non-hydrogen) atoms. The summed E-state index contributed by atoms with van der Waals surface area (Å²) < 4.78 is 10.5. The number of nitrogens with two attached hydrogens (primary N) is 1. The van der Waals surface area contributed by atoms with Gasteiger partial charge < -0.3 is 20.1 Å². The summed E-state index contributed by atoms with van der Waals surface area (Å²) in [6.07, 6.45) is 2.15. The highest BCUT2D eigenvalue weighted by Crippen LogP contribution is 2.28. The summed E-state index contributed by atoms with van der Waals surface area (Å²) in [5, 5.41) is 0. The lowest BCUT2D eigenvalue weighted by molar-refractivity contribution is -0.920. The van der Waals surface area contributed by atoms with E-state index in [1.54, 1.807) is 14.2 Å². The molecule has 2 aliphatic rings. The highest BCUT2D eigenvalue weighted by Gasteiger charge is 2.45. The maximum atomic E-state index is 12.8. The van der Waals surface area contributed by atoms with Gasteiger partial charge in [-0.25, -0.2) is 0 Å². The summed E-state index contributed by atoms with van der Waals surface area (Å²) in [7, 11) is 3.15. The average molecular weight is 390 g/mol. The molecule has 1 unspecified atom stereocenters. The molecule has 8 heteroatoms. The summed E-state index contributed by atoms with van der Waals surface area (Å²) in [5.41, 5.74) is 6.35. The van der Waals surface area contributed by atoms with Crippen molar-refractivity contribution in [1.82, 2.24) is 4.90 Å². The van der Waals surface area contributed by atoms with Gasteiger partial charge in [-0.3, -0.25) is 19.3 Å². The predicted octanol–water partition coefficient (Wildman–Crippen LogP) is -0.846. The average Bonchev–Trinajstić information content (AvgIpc) is 2.99. The number of carbonyl (C=O) groups excluding carboxylic acids is 3. The fourth-order valence-electron chi connectivity index (χ4n) is 4.14. The van der Waals surface area contributed by atoms with Crippen molar-refractivity contribution in [3.63, 3.8) is 0 Å². The number of piperidine rings is 1. The summed E-state index contributed by atoms with van der Waals surface area (Å²) in [4.78, 5) is 39.0. The molecule has 0 saturated carbocycles. The zero-order valence-corrected chi connectivity index (χ0v) is 16.4. The Kier molecular flexibility index (Phi) is 6.18. The maximum Gasteiger partial charge on any atom is 0.288 e. The number of nitrogens with one attached hydrogen (secondary N) is 1. The number of ether oxygens (including phenoxy) is 2. The first-order valence-electron chi connectivity index (χ1n) is 9.63. The van der Waals surface area contributed by atoms with Crippen LogP contribution < -0.4 is 20.1 Å². The first-order valence-corrected chi connectivity index (χ1v) is 9.63. The molecule has 3 N–H and O–H groups in total. The van der Waals surface area contributed by atoms with Crippen LogP contribution in [-0.2, 0) is 20.8 Å². The van der Waals surface area contributed by atoms with Crippen LogP contribution in [0.5, 0.6) is 11.5 Å². The standard InChI is InChI=1S/C20H27N3O5/c1-27-16-4-3-13(11-17(16)28-2)5-10-23-18(24)12-15(20(23)26)22-8-6-14(7-9-22)19(21)25/h3-4,11,14-15H,5-10,12H2,1-2H3,(H2,21,25)/p+1. The molecule has 1 aromatic carbocycles. The number of quaternary nitrogens is 1. The molecule has 3 rings (SSSR count).